The molecule has 8 nitrogen and oxygen atoms in total. The Kier molecular flexibility index (Phi) is 7.39. The van der Waals surface area contributed by atoms with Gasteiger partial charge in [0.05, 0.1) is 28.0 Å². The topological polar surface area (TPSA) is 131 Å². The highest BCUT2D eigenvalue weighted by molar-refractivity contribution is 7.91. The zero-order chi connectivity index (χ0) is 21.6. The fourth-order valence-corrected chi connectivity index (χ4v) is 3.62. The first-order valence-corrected chi connectivity index (χ1v) is 10.6. The van der Waals surface area contributed by atoms with Gasteiger partial charge in [-0.25, -0.2) is 13.2 Å². The molecule has 0 atom stereocenters. The number of hydrogen-bond acceptors (Lipinski definition) is 6. The molecule has 2 aromatic carbocycles. The lowest BCUT2D eigenvalue weighted by atomic mass is 9.80. The van der Waals surface area contributed by atoms with Crippen molar-refractivity contribution >= 4 is 34.1 Å². The number of carbonyl (C=O) groups excluding carboxylic acids is 1. The van der Waals surface area contributed by atoms with E-state index in [0.29, 0.717) is 18.4 Å². The van der Waals surface area contributed by atoms with Crippen LogP contribution in [0.5, 0.6) is 0 Å². The first-order valence-electron chi connectivity index (χ1n) is 8.92. The predicted molar refractivity (Wildman–Crippen MR) is 111 cm³/mol. The van der Waals surface area contributed by atoms with E-state index in [4.69, 9.17) is 15.3 Å². The van der Waals surface area contributed by atoms with Crippen molar-refractivity contribution in [3.05, 3.63) is 53.6 Å². The molecule has 0 aliphatic heterocycles. The van der Waals surface area contributed by atoms with Gasteiger partial charge >= 0.3 is 13.1 Å². The number of carbonyl (C=O) groups is 1. The number of rotatable bonds is 7. The zero-order valence-corrected chi connectivity index (χ0v) is 17.0. The molecule has 2 rings (SSSR count). The van der Waals surface area contributed by atoms with Gasteiger partial charge in [-0.05, 0) is 35.6 Å². The van der Waals surface area contributed by atoms with Crippen LogP contribution in [0.1, 0.15) is 18.1 Å². The van der Waals surface area contributed by atoms with Crippen molar-refractivity contribution in [2.45, 2.75) is 18.2 Å². The van der Waals surface area contributed by atoms with Crippen LogP contribution in [0.25, 0.3) is 0 Å². The molecule has 10 heteroatoms. The second-order valence-corrected chi connectivity index (χ2v) is 8.69. The van der Waals surface area contributed by atoms with E-state index in [1.807, 2.05) is 6.07 Å². The van der Waals surface area contributed by atoms with Crippen LogP contribution in [-0.2, 0) is 16.3 Å². The van der Waals surface area contributed by atoms with Gasteiger partial charge in [-0.1, -0.05) is 31.2 Å². The van der Waals surface area contributed by atoms with E-state index in [1.54, 1.807) is 31.3 Å². The summed E-state index contributed by atoms with van der Waals surface area (Å²) in [5.74, 6) is -0.129. The molecule has 0 heterocycles. The number of nitriles is 1. The number of amides is 2. The fourth-order valence-electron chi connectivity index (χ4n) is 2.59. The van der Waals surface area contributed by atoms with Crippen LogP contribution in [0.3, 0.4) is 0 Å². The van der Waals surface area contributed by atoms with E-state index in [-0.39, 0.29) is 21.9 Å². The van der Waals surface area contributed by atoms with Gasteiger partial charge in [0.1, 0.15) is 0 Å². The molecular weight excluding hydrogens is 393 g/mol. The molecule has 0 aliphatic rings. The smallest absolute Gasteiger partial charge is 0.423 e. The summed E-state index contributed by atoms with van der Waals surface area (Å²) in [5, 5.41) is 29.9. The van der Waals surface area contributed by atoms with Crippen molar-refractivity contribution in [1.82, 2.24) is 4.90 Å². The molecule has 2 amide bonds. The molecule has 0 radical (unpaired) electrons. The van der Waals surface area contributed by atoms with Gasteiger partial charge in [-0.3, -0.25) is 0 Å². The lowest BCUT2D eigenvalue weighted by molar-refractivity contribution is 0.223. The second-order valence-electron chi connectivity index (χ2n) is 6.44. The summed E-state index contributed by atoms with van der Waals surface area (Å²) in [6, 6.07) is 12.2. The molecule has 0 fully saturated rings. The van der Waals surface area contributed by atoms with Crippen molar-refractivity contribution in [3.8, 4) is 6.07 Å². The number of urea groups is 1. The number of sulfone groups is 1. The minimum atomic E-state index is -3.58. The highest BCUT2D eigenvalue weighted by atomic mass is 32.2. The van der Waals surface area contributed by atoms with Gasteiger partial charge in [-0.2, -0.15) is 5.26 Å². The third-order valence-corrected chi connectivity index (χ3v) is 6.21. The number of nitrogens with zero attached hydrogens (tertiary/aromatic N) is 2. The molecule has 152 valence electrons. The third-order valence-electron chi connectivity index (χ3n) is 4.43. The van der Waals surface area contributed by atoms with E-state index in [2.05, 4.69) is 5.32 Å². The van der Waals surface area contributed by atoms with E-state index in [9.17, 15) is 13.2 Å². The standard InChI is InChI=1S/C19H22BN3O5S/c1-3-29(27,28)18-9-6-15(13-21)12-17(18)22-19(24)23(2)11-10-14-4-7-16(8-5-14)20(25)26/h4-9,12,25-26H,3,10-11H2,1-2H3,(H,22,24). The number of anilines is 1. The van der Waals surface area contributed by atoms with Gasteiger partial charge in [0.15, 0.2) is 9.84 Å². The van der Waals surface area contributed by atoms with Crippen LogP contribution in [0, 0.1) is 11.3 Å². The second kappa shape index (κ2) is 9.56. The first-order chi connectivity index (χ1) is 13.7. The number of likely N-dealkylation sites (N-methyl/N-ethyl adjacent to an activating group) is 1. The van der Waals surface area contributed by atoms with Crippen LogP contribution < -0.4 is 10.8 Å². The van der Waals surface area contributed by atoms with Crippen LogP contribution in [-0.4, -0.2) is 55.9 Å². The summed E-state index contributed by atoms with van der Waals surface area (Å²) in [5.41, 5.74) is 1.59. The van der Waals surface area contributed by atoms with Gasteiger partial charge in [0.2, 0.25) is 0 Å². The molecule has 0 saturated carbocycles. The Morgan fingerprint density at radius 2 is 1.86 bits per heavy atom. The Labute approximate surface area is 170 Å². The van der Waals surface area contributed by atoms with E-state index in [1.165, 1.54) is 30.0 Å². The largest absolute Gasteiger partial charge is 0.488 e. The Morgan fingerprint density at radius 1 is 1.21 bits per heavy atom. The van der Waals surface area contributed by atoms with E-state index >= 15 is 0 Å². The summed E-state index contributed by atoms with van der Waals surface area (Å²) < 4.78 is 24.6. The zero-order valence-electron chi connectivity index (χ0n) is 16.2. The maximum atomic E-state index is 12.5. The minimum Gasteiger partial charge on any atom is -0.423 e. The molecule has 0 aromatic heterocycles. The van der Waals surface area contributed by atoms with E-state index < -0.39 is 23.0 Å². The Morgan fingerprint density at radius 3 is 2.41 bits per heavy atom. The van der Waals surface area contributed by atoms with Crippen molar-refractivity contribution in [2.75, 3.05) is 24.7 Å². The quantitative estimate of drug-likeness (QED) is 0.572. The summed E-state index contributed by atoms with van der Waals surface area (Å²) in [6.45, 7) is 1.85. The normalized spacial score (nSPS) is 10.9. The maximum absolute atomic E-state index is 12.5. The third kappa shape index (κ3) is 5.81. The predicted octanol–water partition coefficient (Wildman–Crippen LogP) is 0.738. The molecule has 0 spiro atoms. The lowest BCUT2D eigenvalue weighted by Crippen LogP contribution is -2.33. The molecule has 0 unspecified atom stereocenters. The van der Waals surface area contributed by atoms with Gasteiger partial charge < -0.3 is 20.3 Å². The molecule has 0 aliphatic carbocycles. The average Bonchev–Trinajstić information content (AvgIpc) is 2.71. The van der Waals surface area contributed by atoms with Gasteiger partial charge in [0, 0.05) is 13.6 Å². The Hall–Kier alpha value is -2.87. The Balaban J connectivity index is 2.10. The molecule has 29 heavy (non-hydrogen) atoms. The SMILES string of the molecule is CCS(=O)(=O)c1ccc(C#N)cc1NC(=O)N(C)CCc1ccc(B(O)O)cc1. The lowest BCUT2D eigenvalue weighted by Gasteiger charge is -2.19. The molecule has 0 saturated heterocycles. The average molecular weight is 415 g/mol. The summed E-state index contributed by atoms with van der Waals surface area (Å²) in [6.07, 6.45) is 0.518. The number of hydrogen-bond donors (Lipinski definition) is 3. The van der Waals surface area contributed by atoms with Crippen molar-refractivity contribution in [3.63, 3.8) is 0 Å². The molecule has 0 bridgehead atoms. The summed E-state index contributed by atoms with van der Waals surface area (Å²) in [4.78, 5) is 13.9. The van der Waals surface area contributed by atoms with Gasteiger partial charge in [-0.15, -0.1) is 0 Å². The summed E-state index contributed by atoms with van der Waals surface area (Å²) in [7, 11) is -3.53. The highest BCUT2D eigenvalue weighted by Gasteiger charge is 2.20. The van der Waals surface area contributed by atoms with E-state index in [0.717, 1.165) is 5.56 Å². The monoisotopic (exact) mass is 415 g/mol. The fraction of sp³-hybridized carbons (Fsp3) is 0.263. The van der Waals surface area contributed by atoms with Crippen LogP contribution in [0.15, 0.2) is 47.4 Å². The molecular formula is C19H22BN3O5S. The molecule has 3 N–H and O–H groups in total. The summed E-state index contributed by atoms with van der Waals surface area (Å²) >= 11 is 0. The van der Waals surface area contributed by atoms with Crippen molar-refractivity contribution < 1.29 is 23.3 Å². The number of benzene rings is 2. The van der Waals surface area contributed by atoms with Crippen molar-refractivity contribution in [1.29, 1.82) is 5.26 Å². The number of nitrogens with one attached hydrogen (secondary N) is 1. The van der Waals surface area contributed by atoms with Crippen LogP contribution in [0.4, 0.5) is 10.5 Å². The Bertz CT molecular complexity index is 1020. The molecule has 2 aromatic rings. The van der Waals surface area contributed by atoms with Crippen LogP contribution in [0.2, 0.25) is 0 Å². The highest BCUT2D eigenvalue weighted by Crippen LogP contribution is 2.24. The van der Waals surface area contributed by atoms with Crippen LogP contribution >= 0.6 is 0 Å². The first kappa shape index (κ1) is 22.4. The van der Waals surface area contributed by atoms with Gasteiger partial charge in [0.25, 0.3) is 0 Å². The van der Waals surface area contributed by atoms with Crippen molar-refractivity contribution in [2.24, 2.45) is 0 Å². The maximum Gasteiger partial charge on any atom is 0.488 e. The minimum absolute atomic E-state index is 0.0288.